The molecule has 1 saturated heterocycles. The van der Waals surface area contributed by atoms with Crippen LogP contribution in [-0.2, 0) is 14.3 Å². The van der Waals surface area contributed by atoms with E-state index in [9.17, 15) is 14.0 Å². The molecule has 6 heteroatoms. The van der Waals surface area contributed by atoms with Gasteiger partial charge in [0.25, 0.3) is 0 Å². The van der Waals surface area contributed by atoms with Crippen LogP contribution in [0.1, 0.15) is 6.92 Å². The molecule has 0 N–H and O–H groups in total. The fourth-order valence-corrected chi connectivity index (χ4v) is 1.99. The lowest BCUT2D eigenvalue weighted by Gasteiger charge is -2.28. The van der Waals surface area contributed by atoms with Crippen molar-refractivity contribution in [1.29, 1.82) is 0 Å². The van der Waals surface area contributed by atoms with Crippen LogP contribution in [0.5, 0.6) is 0 Å². The van der Waals surface area contributed by atoms with E-state index in [1.807, 2.05) is 0 Å². The molecule has 1 heterocycles. The van der Waals surface area contributed by atoms with E-state index in [0.717, 1.165) is 0 Å². The second-order valence-corrected chi connectivity index (χ2v) is 4.51. The molecule has 2 rings (SSSR count). The first-order valence-electron chi connectivity index (χ1n) is 6.19. The van der Waals surface area contributed by atoms with Gasteiger partial charge in [-0.2, -0.15) is 0 Å². The molecule has 0 bridgehead atoms. The van der Waals surface area contributed by atoms with Crippen molar-refractivity contribution in [1.82, 2.24) is 4.90 Å². The minimum Gasteiger partial charge on any atom is -0.412 e. The molecule has 19 heavy (non-hydrogen) atoms. The Morgan fingerprint density at radius 3 is 2.79 bits per heavy atom. The maximum Gasteiger partial charge on any atom is 0.415 e. The number of ether oxygens (including phenoxy) is 2. The summed E-state index contributed by atoms with van der Waals surface area (Å²) < 4.78 is 24.2. The third-order valence-electron chi connectivity index (χ3n) is 3.29. The fourth-order valence-electron chi connectivity index (χ4n) is 1.99. The zero-order valence-electron chi connectivity index (χ0n) is 10.7. The fraction of sp³-hybridized carbons (Fsp3) is 0.538. The average molecular weight is 269 g/mol. The second-order valence-electron chi connectivity index (χ2n) is 4.51. The summed E-state index contributed by atoms with van der Waals surface area (Å²) in [6, 6.07) is 0. The first-order valence-corrected chi connectivity index (χ1v) is 6.19. The van der Waals surface area contributed by atoms with Gasteiger partial charge in [-0.05, 0) is 11.6 Å². The quantitative estimate of drug-likeness (QED) is 0.712. The summed E-state index contributed by atoms with van der Waals surface area (Å²) in [6.07, 6.45) is 1.39. The highest BCUT2D eigenvalue weighted by Crippen LogP contribution is 2.28. The number of hydrogen-bond acceptors (Lipinski definition) is 4. The minimum absolute atomic E-state index is 0.0467. The Morgan fingerprint density at radius 1 is 1.47 bits per heavy atom. The molecular formula is C13H16FNO4. The highest BCUT2D eigenvalue weighted by atomic mass is 19.1. The Labute approximate surface area is 110 Å². The molecule has 0 aromatic carbocycles. The summed E-state index contributed by atoms with van der Waals surface area (Å²) >= 11 is 0. The van der Waals surface area contributed by atoms with Gasteiger partial charge in [-0.1, -0.05) is 13.0 Å². The second kappa shape index (κ2) is 5.97. The minimum atomic E-state index is -1.48. The van der Waals surface area contributed by atoms with Crippen LogP contribution in [0, 0.1) is 5.92 Å². The molecule has 0 spiro atoms. The Bertz CT molecular complexity index is 426. The molecule has 2 aliphatic rings. The molecule has 0 aromatic heterocycles. The van der Waals surface area contributed by atoms with Crippen LogP contribution < -0.4 is 0 Å². The third-order valence-corrected chi connectivity index (χ3v) is 3.29. The van der Waals surface area contributed by atoms with E-state index in [2.05, 4.69) is 0 Å². The summed E-state index contributed by atoms with van der Waals surface area (Å²) in [6.45, 7) is 3.38. The predicted octanol–water partition coefficient (Wildman–Crippen LogP) is 1.45. The number of alkyl halides is 1. The highest BCUT2D eigenvalue weighted by Gasteiger charge is 2.31. The zero-order chi connectivity index (χ0) is 13.8. The Hall–Kier alpha value is -1.69. The summed E-state index contributed by atoms with van der Waals surface area (Å²) in [5.74, 6) is -0.649. The van der Waals surface area contributed by atoms with Crippen molar-refractivity contribution in [2.45, 2.75) is 13.1 Å². The van der Waals surface area contributed by atoms with Crippen molar-refractivity contribution in [3.05, 3.63) is 23.5 Å². The molecule has 5 nitrogen and oxygen atoms in total. The van der Waals surface area contributed by atoms with Crippen LogP contribution in [0.25, 0.3) is 0 Å². The van der Waals surface area contributed by atoms with Crippen LogP contribution in [0.3, 0.4) is 0 Å². The number of amides is 1. The lowest BCUT2D eigenvalue weighted by molar-refractivity contribution is -0.105. The smallest absolute Gasteiger partial charge is 0.412 e. The number of morpholine rings is 1. The van der Waals surface area contributed by atoms with E-state index < -0.39 is 18.2 Å². The lowest BCUT2D eigenvalue weighted by atomic mass is 9.91. The van der Waals surface area contributed by atoms with E-state index in [4.69, 9.17) is 9.47 Å². The van der Waals surface area contributed by atoms with Crippen LogP contribution in [0.2, 0.25) is 0 Å². The number of carbonyl (C=O) groups is 2. The lowest BCUT2D eigenvalue weighted by Crippen LogP contribution is -2.41. The van der Waals surface area contributed by atoms with Crippen molar-refractivity contribution in [3.8, 4) is 0 Å². The van der Waals surface area contributed by atoms with Gasteiger partial charge in [-0.25, -0.2) is 9.18 Å². The van der Waals surface area contributed by atoms with Gasteiger partial charge in [0.05, 0.1) is 13.2 Å². The van der Waals surface area contributed by atoms with Crippen LogP contribution in [0.15, 0.2) is 23.5 Å². The van der Waals surface area contributed by atoms with Crippen LogP contribution in [0.4, 0.5) is 9.18 Å². The molecule has 1 aliphatic carbocycles. The van der Waals surface area contributed by atoms with Gasteiger partial charge >= 0.3 is 6.09 Å². The molecule has 1 aliphatic heterocycles. The molecule has 2 atom stereocenters. The van der Waals surface area contributed by atoms with Crippen molar-refractivity contribution in [2.75, 3.05) is 26.3 Å². The number of aldehydes is 1. The molecule has 0 saturated carbocycles. The molecular weight excluding hydrogens is 253 g/mol. The maximum atomic E-state index is 14.0. The number of hydrogen-bond donors (Lipinski definition) is 0. The van der Waals surface area contributed by atoms with Gasteiger partial charge in [0.1, 0.15) is 12.0 Å². The predicted molar refractivity (Wildman–Crippen MR) is 65.2 cm³/mol. The van der Waals surface area contributed by atoms with E-state index in [-0.39, 0.29) is 5.76 Å². The molecule has 1 amide bonds. The van der Waals surface area contributed by atoms with Crippen molar-refractivity contribution < 1.29 is 23.5 Å². The normalized spacial score (nSPS) is 27.4. The van der Waals surface area contributed by atoms with E-state index in [1.54, 1.807) is 6.92 Å². The molecule has 0 radical (unpaired) electrons. The number of rotatable bonds is 2. The number of halogens is 1. The maximum absolute atomic E-state index is 14.0. The van der Waals surface area contributed by atoms with Crippen LogP contribution >= 0.6 is 0 Å². The standard InChI is InChI=1S/C13H16FNO4/c1-9-10(8-16)2-3-11(12(9)14)19-13(17)15-4-6-18-7-5-15/h2-3,8-9,12H,4-7H2,1H3. The summed E-state index contributed by atoms with van der Waals surface area (Å²) in [4.78, 5) is 24.0. The van der Waals surface area contributed by atoms with Gasteiger partial charge in [0, 0.05) is 19.0 Å². The highest BCUT2D eigenvalue weighted by molar-refractivity contribution is 5.76. The largest absolute Gasteiger partial charge is 0.415 e. The number of carbonyl (C=O) groups excluding carboxylic acids is 2. The Morgan fingerprint density at radius 2 is 2.16 bits per heavy atom. The van der Waals surface area contributed by atoms with Crippen molar-refractivity contribution in [2.24, 2.45) is 5.92 Å². The van der Waals surface area contributed by atoms with Gasteiger partial charge in [0.15, 0.2) is 6.17 Å². The summed E-state index contributed by atoms with van der Waals surface area (Å²) in [7, 11) is 0. The van der Waals surface area contributed by atoms with Gasteiger partial charge in [-0.15, -0.1) is 0 Å². The monoisotopic (exact) mass is 269 g/mol. The number of allylic oxidation sites excluding steroid dienone is 4. The number of nitrogens with zero attached hydrogens (tertiary/aromatic N) is 1. The van der Waals surface area contributed by atoms with Gasteiger partial charge in [-0.3, -0.25) is 4.79 Å². The summed E-state index contributed by atoms with van der Waals surface area (Å²) in [5, 5.41) is 0. The third kappa shape index (κ3) is 3.01. The molecule has 1 fully saturated rings. The van der Waals surface area contributed by atoms with Crippen LogP contribution in [-0.4, -0.2) is 49.8 Å². The zero-order valence-corrected chi connectivity index (χ0v) is 10.7. The van der Waals surface area contributed by atoms with E-state index in [1.165, 1.54) is 17.1 Å². The topological polar surface area (TPSA) is 55.8 Å². The van der Waals surface area contributed by atoms with Gasteiger partial charge < -0.3 is 14.4 Å². The van der Waals surface area contributed by atoms with E-state index >= 15 is 0 Å². The van der Waals surface area contributed by atoms with E-state index in [0.29, 0.717) is 38.2 Å². The molecule has 104 valence electrons. The average Bonchev–Trinajstić information content (AvgIpc) is 2.45. The first kappa shape index (κ1) is 13.7. The Balaban J connectivity index is 2.02. The van der Waals surface area contributed by atoms with Crippen molar-refractivity contribution in [3.63, 3.8) is 0 Å². The van der Waals surface area contributed by atoms with Gasteiger partial charge in [0.2, 0.25) is 0 Å². The Kier molecular flexibility index (Phi) is 4.31. The summed E-state index contributed by atoms with van der Waals surface area (Å²) in [5.41, 5.74) is 0.360. The van der Waals surface area contributed by atoms with Crippen molar-refractivity contribution >= 4 is 12.4 Å². The molecule has 2 unspecified atom stereocenters. The first-order chi connectivity index (χ1) is 9.13. The SMILES string of the molecule is CC1C(C=O)=CC=C(OC(=O)N2CCOCC2)C1F. The molecule has 0 aromatic rings.